The second-order valence-electron chi connectivity index (χ2n) is 7.77. The Morgan fingerprint density at radius 2 is 1.68 bits per heavy atom. The molecule has 0 aliphatic rings. The first kappa shape index (κ1) is 24.9. The van der Waals surface area contributed by atoms with Gasteiger partial charge in [-0.1, -0.05) is 12.1 Å². The summed E-state index contributed by atoms with van der Waals surface area (Å²) in [5.41, 5.74) is 1.46. The van der Waals surface area contributed by atoms with Crippen molar-refractivity contribution in [2.75, 3.05) is 25.5 Å². The van der Waals surface area contributed by atoms with Crippen molar-refractivity contribution in [3.63, 3.8) is 0 Å². The van der Waals surface area contributed by atoms with Crippen LogP contribution in [-0.4, -0.2) is 58.7 Å². The van der Waals surface area contributed by atoms with E-state index in [4.69, 9.17) is 14.2 Å². The minimum atomic E-state index is -3.97. The van der Waals surface area contributed by atoms with Crippen LogP contribution in [0.2, 0.25) is 0 Å². The molecule has 0 aliphatic heterocycles. The number of fused-ring (bicyclic) bond motifs is 1. The average Bonchev–Trinajstić information content (AvgIpc) is 3.31. The van der Waals surface area contributed by atoms with Crippen LogP contribution in [0.25, 0.3) is 28.5 Å². The Labute approximate surface area is 218 Å². The van der Waals surface area contributed by atoms with Gasteiger partial charge in [0.2, 0.25) is 5.88 Å². The first-order valence-corrected chi connectivity index (χ1v) is 12.9. The Hall–Kier alpha value is -4.78. The Bertz CT molecular complexity index is 1690. The summed E-state index contributed by atoms with van der Waals surface area (Å²) in [7, 11) is -0.902. The maximum Gasteiger partial charge on any atom is 0.264 e. The first-order chi connectivity index (χ1) is 18.4. The normalized spacial score (nSPS) is 11.3. The van der Waals surface area contributed by atoms with Crippen LogP contribution in [0.3, 0.4) is 0 Å². The van der Waals surface area contributed by atoms with E-state index in [9.17, 15) is 8.42 Å². The third kappa shape index (κ3) is 4.66. The number of para-hydroxylation sites is 1. The molecule has 5 rings (SSSR count). The van der Waals surface area contributed by atoms with Crippen molar-refractivity contribution in [1.82, 2.24) is 29.5 Å². The zero-order valence-electron chi connectivity index (χ0n) is 20.7. The van der Waals surface area contributed by atoms with Gasteiger partial charge in [-0.05, 0) is 37.3 Å². The van der Waals surface area contributed by atoms with Gasteiger partial charge in [-0.25, -0.2) is 28.4 Å². The minimum absolute atomic E-state index is 0.0144. The highest BCUT2D eigenvalue weighted by atomic mass is 32.2. The Morgan fingerprint density at radius 3 is 2.37 bits per heavy atom. The molecule has 0 unspecified atom stereocenters. The number of nitrogens with one attached hydrogen (secondary N) is 1. The van der Waals surface area contributed by atoms with E-state index in [0.717, 1.165) is 0 Å². The summed E-state index contributed by atoms with van der Waals surface area (Å²) >= 11 is 0. The van der Waals surface area contributed by atoms with Crippen LogP contribution in [0.1, 0.15) is 6.92 Å². The van der Waals surface area contributed by atoms with Gasteiger partial charge >= 0.3 is 0 Å². The molecule has 0 radical (unpaired) electrons. The van der Waals surface area contributed by atoms with Crippen LogP contribution in [0.5, 0.6) is 17.4 Å². The highest BCUT2D eigenvalue weighted by Gasteiger charge is 2.25. The van der Waals surface area contributed by atoms with Crippen molar-refractivity contribution in [2.45, 2.75) is 11.8 Å². The van der Waals surface area contributed by atoms with Crippen LogP contribution >= 0.6 is 0 Å². The maximum atomic E-state index is 12.9. The van der Waals surface area contributed by atoms with Gasteiger partial charge in [0, 0.05) is 18.5 Å². The van der Waals surface area contributed by atoms with Crippen LogP contribution in [0.4, 0.5) is 5.82 Å². The first-order valence-electron chi connectivity index (χ1n) is 11.4. The Morgan fingerprint density at radius 1 is 0.921 bits per heavy atom. The molecule has 0 atom stereocenters. The lowest BCUT2D eigenvalue weighted by molar-refractivity contribution is 0.327. The topological polar surface area (TPSA) is 143 Å². The third-order valence-corrected chi connectivity index (χ3v) is 6.76. The molecule has 0 amide bonds. The van der Waals surface area contributed by atoms with Crippen molar-refractivity contribution in [1.29, 1.82) is 0 Å². The van der Waals surface area contributed by atoms with Gasteiger partial charge in [-0.2, -0.15) is 0 Å². The fourth-order valence-electron chi connectivity index (χ4n) is 3.81. The summed E-state index contributed by atoms with van der Waals surface area (Å²) in [6, 6.07) is 13.6. The second-order valence-corrected chi connectivity index (χ2v) is 9.46. The molecule has 0 fully saturated rings. The van der Waals surface area contributed by atoms with Crippen molar-refractivity contribution in [3.8, 4) is 34.6 Å². The summed E-state index contributed by atoms with van der Waals surface area (Å²) in [4.78, 5) is 22.1. The molecule has 5 aromatic rings. The summed E-state index contributed by atoms with van der Waals surface area (Å²) < 4.78 is 46.8. The number of rotatable bonds is 9. The van der Waals surface area contributed by atoms with Crippen molar-refractivity contribution < 1.29 is 22.6 Å². The van der Waals surface area contributed by atoms with Gasteiger partial charge in [-0.15, -0.1) is 0 Å². The summed E-state index contributed by atoms with van der Waals surface area (Å²) in [5, 5.41) is 0. The number of imidazole rings is 1. The lowest BCUT2D eigenvalue weighted by Gasteiger charge is -2.16. The number of hydrogen-bond donors (Lipinski definition) is 1. The minimum Gasteiger partial charge on any atom is -0.494 e. The number of aromatic nitrogens is 6. The van der Waals surface area contributed by atoms with Crippen LogP contribution in [0.15, 0.2) is 72.0 Å². The molecule has 1 N–H and O–H groups in total. The highest BCUT2D eigenvalue weighted by molar-refractivity contribution is 7.92. The van der Waals surface area contributed by atoms with Crippen molar-refractivity contribution in [2.24, 2.45) is 0 Å². The second kappa shape index (κ2) is 10.3. The lowest BCUT2D eigenvalue weighted by atomic mass is 10.2. The molecule has 4 aromatic heterocycles. The van der Waals surface area contributed by atoms with E-state index in [0.29, 0.717) is 41.2 Å². The fraction of sp³-hybridized carbons (Fsp3) is 0.160. The molecule has 13 heteroatoms. The fourth-order valence-corrected chi connectivity index (χ4v) is 4.76. The van der Waals surface area contributed by atoms with Crippen LogP contribution in [0, 0.1) is 0 Å². The van der Waals surface area contributed by atoms with Crippen molar-refractivity contribution in [3.05, 3.63) is 67.1 Å². The molecule has 194 valence electrons. The summed E-state index contributed by atoms with van der Waals surface area (Å²) in [6.07, 6.45) is 4.02. The number of ether oxygens (including phenoxy) is 3. The zero-order chi connectivity index (χ0) is 26.7. The number of methoxy groups -OCH3 is 2. The number of pyridine rings is 2. The zero-order valence-corrected chi connectivity index (χ0v) is 21.5. The molecular weight excluding hydrogens is 510 g/mol. The molecule has 38 heavy (non-hydrogen) atoms. The SMILES string of the molecule is CCOc1cccc(-c2nc3ncc(NS(=O)(=O)c4cccnc4)nc3n2-c2c(OC)cccc2OC)n1. The van der Waals surface area contributed by atoms with E-state index >= 15 is 0 Å². The van der Waals surface area contributed by atoms with E-state index < -0.39 is 10.0 Å². The van der Waals surface area contributed by atoms with E-state index in [1.807, 2.05) is 6.92 Å². The number of anilines is 1. The van der Waals surface area contributed by atoms with E-state index in [1.54, 1.807) is 41.0 Å². The summed E-state index contributed by atoms with van der Waals surface area (Å²) in [5.74, 6) is 1.71. The quantitative estimate of drug-likeness (QED) is 0.299. The molecule has 0 aliphatic carbocycles. The highest BCUT2D eigenvalue weighted by Crippen LogP contribution is 2.38. The van der Waals surface area contributed by atoms with Gasteiger partial charge in [-0.3, -0.25) is 14.3 Å². The molecule has 1 aromatic carbocycles. The largest absolute Gasteiger partial charge is 0.494 e. The molecule has 0 saturated heterocycles. The van der Waals surface area contributed by atoms with Gasteiger partial charge in [0.05, 0.1) is 27.0 Å². The van der Waals surface area contributed by atoms with E-state index in [2.05, 4.69) is 29.6 Å². The van der Waals surface area contributed by atoms with E-state index in [1.165, 1.54) is 44.9 Å². The number of nitrogens with zero attached hydrogens (tertiary/aromatic N) is 6. The number of hydrogen-bond acceptors (Lipinski definition) is 10. The molecule has 4 heterocycles. The molecule has 0 spiro atoms. The van der Waals surface area contributed by atoms with Gasteiger partial charge < -0.3 is 14.2 Å². The smallest absolute Gasteiger partial charge is 0.264 e. The monoisotopic (exact) mass is 533 g/mol. The summed E-state index contributed by atoms with van der Waals surface area (Å²) in [6.45, 7) is 2.31. The van der Waals surface area contributed by atoms with Gasteiger partial charge in [0.1, 0.15) is 27.8 Å². The van der Waals surface area contributed by atoms with E-state index in [-0.39, 0.29) is 22.0 Å². The predicted molar refractivity (Wildman–Crippen MR) is 139 cm³/mol. The molecule has 12 nitrogen and oxygen atoms in total. The van der Waals surface area contributed by atoms with Crippen LogP contribution < -0.4 is 18.9 Å². The lowest BCUT2D eigenvalue weighted by Crippen LogP contribution is -2.14. The Kier molecular flexibility index (Phi) is 6.75. The standard InChI is InChI=1S/C25H23N7O5S/c1-4-37-21-12-5-9-17(28-21)24-30-23-25(32(24)22-18(35-2)10-6-11-19(22)36-3)29-20(15-27-23)31-38(33,34)16-8-7-13-26-14-16/h5-15H,4H2,1-3H3,(H,29,31). The van der Waals surface area contributed by atoms with Gasteiger partial charge in [0.25, 0.3) is 10.0 Å². The Balaban J connectivity index is 1.75. The molecular formula is C25H23N7O5S. The third-order valence-electron chi connectivity index (χ3n) is 5.42. The predicted octanol–water partition coefficient (Wildman–Crippen LogP) is 3.49. The number of benzene rings is 1. The van der Waals surface area contributed by atoms with Gasteiger partial charge in [0.15, 0.2) is 22.9 Å². The molecule has 0 saturated carbocycles. The molecule has 0 bridgehead atoms. The maximum absolute atomic E-state index is 12.9. The van der Waals surface area contributed by atoms with Crippen LogP contribution in [-0.2, 0) is 10.0 Å². The number of sulfonamides is 1. The van der Waals surface area contributed by atoms with Crippen molar-refractivity contribution >= 4 is 27.1 Å². The average molecular weight is 534 g/mol.